The SMILES string of the molecule is COc1ccc(CNC2CCCCCC2)cc1[N+](=O)[O-]. The molecule has 0 spiro atoms. The van der Waals surface area contributed by atoms with E-state index in [2.05, 4.69) is 5.32 Å². The summed E-state index contributed by atoms with van der Waals surface area (Å²) in [5.74, 6) is 0.313. The third-order valence-corrected chi connectivity index (χ3v) is 3.89. The Morgan fingerprint density at radius 2 is 2.00 bits per heavy atom. The van der Waals surface area contributed by atoms with Crippen molar-refractivity contribution >= 4 is 5.69 Å². The molecule has 0 aromatic heterocycles. The van der Waals surface area contributed by atoms with Gasteiger partial charge in [0.05, 0.1) is 12.0 Å². The van der Waals surface area contributed by atoms with Crippen molar-refractivity contribution in [1.82, 2.24) is 5.32 Å². The van der Waals surface area contributed by atoms with E-state index in [0.29, 0.717) is 18.3 Å². The van der Waals surface area contributed by atoms with Crippen LogP contribution in [0, 0.1) is 10.1 Å². The summed E-state index contributed by atoms with van der Waals surface area (Å²) in [6.45, 7) is 0.676. The maximum Gasteiger partial charge on any atom is 0.311 e. The minimum absolute atomic E-state index is 0.0349. The minimum atomic E-state index is -0.395. The van der Waals surface area contributed by atoms with Gasteiger partial charge in [0.15, 0.2) is 5.75 Å². The van der Waals surface area contributed by atoms with Gasteiger partial charge < -0.3 is 10.1 Å². The van der Waals surface area contributed by atoms with Crippen LogP contribution in [0.2, 0.25) is 0 Å². The highest BCUT2D eigenvalue weighted by molar-refractivity contribution is 5.48. The van der Waals surface area contributed by atoms with Crippen molar-refractivity contribution < 1.29 is 9.66 Å². The number of nitro benzene ring substituents is 1. The second kappa shape index (κ2) is 7.24. The maximum atomic E-state index is 11.0. The first-order valence-corrected chi connectivity index (χ1v) is 7.25. The van der Waals surface area contributed by atoms with E-state index in [4.69, 9.17) is 4.74 Å². The maximum absolute atomic E-state index is 11.0. The summed E-state index contributed by atoms with van der Waals surface area (Å²) in [5, 5.41) is 14.5. The van der Waals surface area contributed by atoms with Crippen LogP contribution in [0.3, 0.4) is 0 Å². The second-order valence-electron chi connectivity index (χ2n) is 5.33. The minimum Gasteiger partial charge on any atom is -0.490 e. The Labute approximate surface area is 119 Å². The molecule has 0 aliphatic heterocycles. The summed E-state index contributed by atoms with van der Waals surface area (Å²) in [6, 6.07) is 5.69. The van der Waals surface area contributed by atoms with Crippen LogP contribution in [-0.4, -0.2) is 18.1 Å². The van der Waals surface area contributed by atoms with Gasteiger partial charge in [-0.3, -0.25) is 10.1 Å². The van der Waals surface area contributed by atoms with Gasteiger partial charge in [0.1, 0.15) is 0 Å². The predicted octanol–water partition coefficient (Wildman–Crippen LogP) is 3.42. The summed E-state index contributed by atoms with van der Waals surface area (Å²) >= 11 is 0. The zero-order chi connectivity index (χ0) is 14.4. The van der Waals surface area contributed by atoms with Gasteiger partial charge in [-0.15, -0.1) is 0 Å². The van der Waals surface area contributed by atoms with E-state index in [-0.39, 0.29) is 5.69 Å². The first kappa shape index (κ1) is 14.8. The molecule has 1 aliphatic carbocycles. The van der Waals surface area contributed by atoms with Gasteiger partial charge in [0.2, 0.25) is 0 Å². The van der Waals surface area contributed by atoms with Crippen molar-refractivity contribution in [2.75, 3.05) is 7.11 Å². The standard InChI is InChI=1S/C15H22N2O3/c1-20-15-9-8-12(10-14(15)17(18)19)11-16-13-6-4-2-3-5-7-13/h8-10,13,16H,2-7,11H2,1H3. The number of nitrogens with one attached hydrogen (secondary N) is 1. The summed E-state index contributed by atoms with van der Waals surface area (Å²) in [6.07, 6.45) is 7.62. The zero-order valence-electron chi connectivity index (χ0n) is 11.9. The fourth-order valence-corrected chi connectivity index (χ4v) is 2.73. The number of hydrogen-bond donors (Lipinski definition) is 1. The molecule has 0 radical (unpaired) electrons. The lowest BCUT2D eigenvalue weighted by molar-refractivity contribution is -0.385. The number of methoxy groups -OCH3 is 1. The van der Waals surface area contributed by atoms with E-state index < -0.39 is 4.92 Å². The van der Waals surface area contributed by atoms with Crippen molar-refractivity contribution in [2.45, 2.75) is 51.1 Å². The lowest BCUT2D eigenvalue weighted by atomic mass is 10.1. The molecule has 0 bridgehead atoms. The average molecular weight is 278 g/mol. The second-order valence-corrected chi connectivity index (χ2v) is 5.33. The van der Waals surface area contributed by atoms with Gasteiger partial charge in [-0.05, 0) is 24.5 Å². The highest BCUT2D eigenvalue weighted by Crippen LogP contribution is 2.27. The topological polar surface area (TPSA) is 64.4 Å². The first-order chi connectivity index (χ1) is 9.70. The lowest BCUT2D eigenvalue weighted by Crippen LogP contribution is -2.27. The molecule has 5 nitrogen and oxygen atoms in total. The van der Waals surface area contributed by atoms with Crippen molar-refractivity contribution in [3.05, 3.63) is 33.9 Å². The van der Waals surface area contributed by atoms with E-state index in [0.717, 1.165) is 5.56 Å². The molecule has 1 N–H and O–H groups in total. The van der Waals surface area contributed by atoms with E-state index in [9.17, 15) is 10.1 Å². The smallest absolute Gasteiger partial charge is 0.311 e. The molecule has 20 heavy (non-hydrogen) atoms. The molecular weight excluding hydrogens is 256 g/mol. The Hall–Kier alpha value is -1.62. The molecule has 1 saturated carbocycles. The van der Waals surface area contributed by atoms with Gasteiger partial charge >= 0.3 is 5.69 Å². The van der Waals surface area contributed by atoms with Crippen LogP contribution in [0.1, 0.15) is 44.1 Å². The molecule has 110 valence electrons. The summed E-state index contributed by atoms with van der Waals surface area (Å²) in [4.78, 5) is 10.6. The number of nitrogens with zero attached hydrogens (tertiary/aromatic N) is 1. The monoisotopic (exact) mass is 278 g/mol. The molecule has 0 saturated heterocycles. The zero-order valence-corrected chi connectivity index (χ0v) is 11.9. The molecule has 0 amide bonds. The lowest BCUT2D eigenvalue weighted by Gasteiger charge is -2.16. The Morgan fingerprint density at radius 3 is 2.60 bits per heavy atom. The molecule has 0 unspecified atom stereocenters. The summed E-state index contributed by atoms with van der Waals surface area (Å²) in [7, 11) is 1.45. The van der Waals surface area contributed by atoms with Gasteiger partial charge in [0.25, 0.3) is 0 Å². The van der Waals surface area contributed by atoms with Crippen molar-refractivity contribution in [3.8, 4) is 5.75 Å². The van der Waals surface area contributed by atoms with E-state index in [1.54, 1.807) is 12.1 Å². The molecule has 1 aromatic rings. The van der Waals surface area contributed by atoms with E-state index in [1.165, 1.54) is 45.6 Å². The van der Waals surface area contributed by atoms with Crippen molar-refractivity contribution in [2.24, 2.45) is 0 Å². The number of hydrogen-bond acceptors (Lipinski definition) is 4. The van der Waals surface area contributed by atoms with Gasteiger partial charge in [-0.25, -0.2) is 0 Å². The fourth-order valence-electron chi connectivity index (χ4n) is 2.73. The van der Waals surface area contributed by atoms with Crippen LogP contribution < -0.4 is 10.1 Å². The van der Waals surface area contributed by atoms with Crippen LogP contribution in [0.5, 0.6) is 5.75 Å². The van der Waals surface area contributed by atoms with Crippen molar-refractivity contribution in [1.29, 1.82) is 0 Å². The van der Waals surface area contributed by atoms with E-state index in [1.807, 2.05) is 6.07 Å². The normalized spacial score (nSPS) is 16.6. The molecule has 0 heterocycles. The predicted molar refractivity (Wildman–Crippen MR) is 78.0 cm³/mol. The Balaban J connectivity index is 1.98. The van der Waals surface area contributed by atoms with Crippen LogP contribution >= 0.6 is 0 Å². The first-order valence-electron chi connectivity index (χ1n) is 7.25. The fraction of sp³-hybridized carbons (Fsp3) is 0.600. The molecule has 2 rings (SSSR count). The number of rotatable bonds is 5. The van der Waals surface area contributed by atoms with Crippen LogP contribution in [-0.2, 0) is 6.54 Å². The number of nitro groups is 1. The van der Waals surface area contributed by atoms with Gasteiger partial charge in [0, 0.05) is 18.7 Å². The third kappa shape index (κ3) is 3.93. The van der Waals surface area contributed by atoms with Gasteiger partial charge in [-0.2, -0.15) is 0 Å². The number of ether oxygens (including phenoxy) is 1. The van der Waals surface area contributed by atoms with Crippen molar-refractivity contribution in [3.63, 3.8) is 0 Å². The van der Waals surface area contributed by atoms with Gasteiger partial charge in [-0.1, -0.05) is 31.7 Å². The van der Waals surface area contributed by atoms with Crippen LogP contribution in [0.25, 0.3) is 0 Å². The summed E-state index contributed by atoms with van der Waals surface area (Å²) in [5.41, 5.74) is 0.967. The quantitative estimate of drug-likeness (QED) is 0.509. The Bertz CT molecular complexity index is 454. The summed E-state index contributed by atoms with van der Waals surface area (Å²) < 4.78 is 5.01. The average Bonchev–Trinajstić information content (AvgIpc) is 2.73. The Kier molecular flexibility index (Phi) is 5.35. The van der Waals surface area contributed by atoms with Crippen LogP contribution in [0.15, 0.2) is 18.2 Å². The Morgan fingerprint density at radius 1 is 1.30 bits per heavy atom. The molecule has 1 fully saturated rings. The molecule has 0 atom stereocenters. The number of benzene rings is 1. The highest BCUT2D eigenvalue weighted by Gasteiger charge is 2.16. The molecule has 1 aliphatic rings. The molecule has 1 aromatic carbocycles. The largest absolute Gasteiger partial charge is 0.490 e. The third-order valence-electron chi connectivity index (χ3n) is 3.89. The molecule has 5 heteroatoms. The molecular formula is C15H22N2O3. The van der Waals surface area contributed by atoms with E-state index >= 15 is 0 Å². The highest BCUT2D eigenvalue weighted by atomic mass is 16.6. The van der Waals surface area contributed by atoms with Crippen LogP contribution in [0.4, 0.5) is 5.69 Å².